The summed E-state index contributed by atoms with van der Waals surface area (Å²) in [5.74, 6) is 0.765. The van der Waals surface area contributed by atoms with E-state index >= 15 is 0 Å². The van der Waals surface area contributed by atoms with E-state index in [0.29, 0.717) is 0 Å². The average Bonchev–Trinajstić information content (AvgIpc) is 2.49. The molecule has 0 aliphatic carbocycles. The maximum atomic E-state index is 6.19. The Labute approximate surface area is 139 Å². The molecule has 0 aromatic heterocycles. The van der Waals surface area contributed by atoms with Crippen molar-refractivity contribution >= 4 is 21.6 Å². The number of benzene rings is 1. The normalized spacial score (nSPS) is 12.7. The highest BCUT2D eigenvalue weighted by atomic mass is 79.9. The summed E-state index contributed by atoms with van der Waals surface area (Å²) in [6, 6.07) is 6.87. The number of halogens is 1. The van der Waals surface area contributed by atoms with Crippen LogP contribution in [0.5, 0.6) is 0 Å². The van der Waals surface area contributed by atoms with E-state index in [0.717, 1.165) is 36.3 Å². The third-order valence-corrected chi connectivity index (χ3v) is 4.90. The van der Waals surface area contributed by atoms with E-state index in [2.05, 4.69) is 66.7 Å². The summed E-state index contributed by atoms with van der Waals surface area (Å²) in [5, 5.41) is 0. The summed E-state index contributed by atoms with van der Waals surface area (Å²) in [6.07, 6.45) is 4.45. The molecule has 120 valence electrons. The zero-order valence-corrected chi connectivity index (χ0v) is 15.6. The zero-order chi connectivity index (χ0) is 15.8. The van der Waals surface area contributed by atoms with Crippen molar-refractivity contribution in [2.45, 2.75) is 59.4 Å². The Kier molecular flexibility index (Phi) is 8.35. The van der Waals surface area contributed by atoms with Gasteiger partial charge in [-0.15, -0.1) is 0 Å². The molecule has 0 spiro atoms. The summed E-state index contributed by atoms with van der Waals surface area (Å²) < 4.78 is 1.14. The average molecular weight is 355 g/mol. The molecule has 1 unspecified atom stereocenters. The maximum absolute atomic E-state index is 6.19. The first-order valence-corrected chi connectivity index (χ1v) is 9.13. The van der Waals surface area contributed by atoms with Crippen LogP contribution < -0.4 is 10.6 Å². The molecule has 0 aliphatic rings. The van der Waals surface area contributed by atoms with Gasteiger partial charge < -0.3 is 10.6 Å². The largest absolute Gasteiger partial charge is 0.371 e. The summed E-state index contributed by atoms with van der Waals surface area (Å²) in [4.78, 5) is 2.52. The monoisotopic (exact) mass is 354 g/mol. The van der Waals surface area contributed by atoms with Crippen LogP contribution in [0.3, 0.4) is 0 Å². The quantitative estimate of drug-likeness (QED) is 0.676. The lowest BCUT2D eigenvalue weighted by atomic mass is 9.99. The van der Waals surface area contributed by atoms with Gasteiger partial charge in [-0.1, -0.05) is 49.5 Å². The van der Waals surface area contributed by atoms with Crippen LogP contribution in [0.1, 0.15) is 52.5 Å². The Bertz CT molecular complexity index is 416. The maximum Gasteiger partial charge on any atom is 0.0400 e. The van der Waals surface area contributed by atoms with Gasteiger partial charge in [0.15, 0.2) is 0 Å². The highest BCUT2D eigenvalue weighted by Crippen LogP contribution is 2.27. The molecule has 2 N–H and O–H groups in total. The standard InChI is InChI=1S/C18H31BrN2/c1-5-14(6-2)13-21(8-4)18-10-9-16(19)11-15(18)12-17(20)7-3/h9-11,14,17H,5-8,12-13,20H2,1-4H3. The van der Waals surface area contributed by atoms with Crippen molar-refractivity contribution in [2.24, 2.45) is 11.7 Å². The molecule has 21 heavy (non-hydrogen) atoms. The third-order valence-electron chi connectivity index (χ3n) is 4.40. The molecule has 1 rings (SSSR count). The van der Waals surface area contributed by atoms with Gasteiger partial charge >= 0.3 is 0 Å². The number of rotatable bonds is 9. The van der Waals surface area contributed by atoms with Crippen LogP contribution in [0, 0.1) is 5.92 Å². The van der Waals surface area contributed by atoms with Gasteiger partial charge in [-0.3, -0.25) is 0 Å². The molecule has 0 heterocycles. The van der Waals surface area contributed by atoms with Crippen molar-refractivity contribution in [3.05, 3.63) is 28.2 Å². The Morgan fingerprint density at radius 3 is 2.29 bits per heavy atom. The SMILES string of the molecule is CCC(N)Cc1cc(Br)ccc1N(CC)CC(CC)CC. The topological polar surface area (TPSA) is 29.3 Å². The van der Waals surface area contributed by atoms with Gasteiger partial charge in [0.05, 0.1) is 0 Å². The van der Waals surface area contributed by atoms with Crippen LogP contribution in [-0.2, 0) is 6.42 Å². The first-order chi connectivity index (χ1) is 10.0. The molecule has 0 fully saturated rings. The van der Waals surface area contributed by atoms with Crippen molar-refractivity contribution < 1.29 is 0 Å². The number of nitrogens with zero attached hydrogens (tertiary/aromatic N) is 1. The third kappa shape index (κ3) is 5.63. The summed E-state index contributed by atoms with van der Waals surface area (Å²) in [7, 11) is 0. The van der Waals surface area contributed by atoms with E-state index in [1.165, 1.54) is 24.1 Å². The smallest absolute Gasteiger partial charge is 0.0400 e. The van der Waals surface area contributed by atoms with Gasteiger partial charge in [0, 0.05) is 29.3 Å². The summed E-state index contributed by atoms with van der Waals surface area (Å²) >= 11 is 3.60. The molecule has 3 heteroatoms. The molecule has 2 nitrogen and oxygen atoms in total. The highest BCUT2D eigenvalue weighted by molar-refractivity contribution is 9.10. The Hall–Kier alpha value is -0.540. The predicted octanol–water partition coefficient (Wildman–Crippen LogP) is 4.99. The highest BCUT2D eigenvalue weighted by Gasteiger charge is 2.15. The fourth-order valence-corrected chi connectivity index (χ4v) is 3.12. The van der Waals surface area contributed by atoms with Gasteiger partial charge in [0.2, 0.25) is 0 Å². The Balaban J connectivity index is 3.01. The van der Waals surface area contributed by atoms with E-state index < -0.39 is 0 Å². The van der Waals surface area contributed by atoms with Crippen LogP contribution in [0.25, 0.3) is 0 Å². The van der Waals surface area contributed by atoms with Gasteiger partial charge in [0.25, 0.3) is 0 Å². The van der Waals surface area contributed by atoms with Crippen molar-refractivity contribution in [2.75, 3.05) is 18.0 Å². The fourth-order valence-electron chi connectivity index (χ4n) is 2.71. The van der Waals surface area contributed by atoms with Crippen LogP contribution in [-0.4, -0.2) is 19.1 Å². The summed E-state index contributed by atoms with van der Waals surface area (Å²) in [6.45, 7) is 11.2. The fraction of sp³-hybridized carbons (Fsp3) is 0.667. The first kappa shape index (κ1) is 18.5. The van der Waals surface area contributed by atoms with E-state index in [4.69, 9.17) is 5.73 Å². The zero-order valence-electron chi connectivity index (χ0n) is 14.0. The van der Waals surface area contributed by atoms with E-state index in [9.17, 15) is 0 Å². The molecule has 0 saturated heterocycles. The molecule has 1 atom stereocenters. The molecule has 0 aliphatic heterocycles. The van der Waals surface area contributed by atoms with Crippen molar-refractivity contribution in [1.82, 2.24) is 0 Å². The van der Waals surface area contributed by atoms with Gasteiger partial charge in [-0.25, -0.2) is 0 Å². The molecule has 1 aromatic rings. The van der Waals surface area contributed by atoms with E-state index in [1.807, 2.05) is 0 Å². The second-order valence-electron chi connectivity index (χ2n) is 5.87. The number of anilines is 1. The lowest BCUT2D eigenvalue weighted by Crippen LogP contribution is -2.31. The molecule has 0 radical (unpaired) electrons. The molecule has 0 bridgehead atoms. The Morgan fingerprint density at radius 1 is 1.10 bits per heavy atom. The number of hydrogen-bond donors (Lipinski definition) is 1. The Morgan fingerprint density at radius 2 is 1.76 bits per heavy atom. The molecular weight excluding hydrogens is 324 g/mol. The van der Waals surface area contributed by atoms with Crippen molar-refractivity contribution in [3.8, 4) is 0 Å². The number of nitrogens with two attached hydrogens (primary N) is 1. The van der Waals surface area contributed by atoms with Gasteiger partial charge in [0.1, 0.15) is 0 Å². The second kappa shape index (κ2) is 9.47. The van der Waals surface area contributed by atoms with Crippen molar-refractivity contribution in [1.29, 1.82) is 0 Å². The minimum absolute atomic E-state index is 0.241. The van der Waals surface area contributed by atoms with Crippen LogP contribution in [0.2, 0.25) is 0 Å². The van der Waals surface area contributed by atoms with Gasteiger partial charge in [-0.05, 0) is 49.4 Å². The van der Waals surface area contributed by atoms with Crippen molar-refractivity contribution in [3.63, 3.8) is 0 Å². The molecular formula is C18H31BrN2. The van der Waals surface area contributed by atoms with E-state index in [1.54, 1.807) is 0 Å². The summed E-state index contributed by atoms with van der Waals surface area (Å²) in [5.41, 5.74) is 8.91. The second-order valence-corrected chi connectivity index (χ2v) is 6.78. The minimum atomic E-state index is 0.241. The first-order valence-electron chi connectivity index (χ1n) is 8.34. The number of hydrogen-bond acceptors (Lipinski definition) is 2. The van der Waals surface area contributed by atoms with Crippen LogP contribution in [0.15, 0.2) is 22.7 Å². The molecule has 0 saturated carbocycles. The van der Waals surface area contributed by atoms with Gasteiger partial charge in [-0.2, -0.15) is 0 Å². The molecule has 0 amide bonds. The van der Waals surface area contributed by atoms with Crippen LogP contribution >= 0.6 is 15.9 Å². The van der Waals surface area contributed by atoms with E-state index in [-0.39, 0.29) is 6.04 Å². The predicted molar refractivity (Wildman–Crippen MR) is 98.1 cm³/mol. The van der Waals surface area contributed by atoms with Crippen LogP contribution in [0.4, 0.5) is 5.69 Å². The lowest BCUT2D eigenvalue weighted by Gasteiger charge is -2.30. The lowest BCUT2D eigenvalue weighted by molar-refractivity contribution is 0.485. The minimum Gasteiger partial charge on any atom is -0.371 e. The molecule has 1 aromatic carbocycles.